The van der Waals surface area contributed by atoms with Gasteiger partial charge >= 0.3 is 5.97 Å². The lowest BCUT2D eigenvalue weighted by Crippen LogP contribution is -2.43. The first-order valence-electron chi connectivity index (χ1n) is 8.35. The molecule has 1 atom stereocenters. The molecule has 2 heterocycles. The molecule has 24 heavy (non-hydrogen) atoms. The molecule has 0 aromatic carbocycles. The van der Waals surface area contributed by atoms with Crippen molar-refractivity contribution in [3.05, 3.63) is 22.4 Å². The Labute approximate surface area is 147 Å². The molecule has 1 saturated heterocycles. The quantitative estimate of drug-likeness (QED) is 0.634. The Morgan fingerprint density at radius 3 is 2.92 bits per heavy atom. The number of rotatable bonds is 9. The summed E-state index contributed by atoms with van der Waals surface area (Å²) in [7, 11) is 1.61. The molecular formula is C17H26N2O4S. The maximum Gasteiger partial charge on any atom is 0.320 e. The van der Waals surface area contributed by atoms with Gasteiger partial charge in [-0.05, 0) is 31.2 Å². The summed E-state index contributed by atoms with van der Waals surface area (Å²) in [4.78, 5) is 29.5. The third kappa shape index (κ3) is 5.29. The van der Waals surface area contributed by atoms with Gasteiger partial charge in [0.25, 0.3) is 0 Å². The highest BCUT2D eigenvalue weighted by atomic mass is 32.1. The van der Waals surface area contributed by atoms with E-state index in [4.69, 9.17) is 9.47 Å². The highest BCUT2D eigenvalue weighted by Crippen LogP contribution is 2.34. The summed E-state index contributed by atoms with van der Waals surface area (Å²) in [6.07, 6.45) is 2.02. The summed E-state index contributed by atoms with van der Waals surface area (Å²) in [6, 6.07) is 4.28. The second-order valence-corrected chi connectivity index (χ2v) is 6.75. The van der Waals surface area contributed by atoms with Crippen LogP contribution in [-0.2, 0) is 19.1 Å². The molecular weight excluding hydrogens is 328 g/mol. The van der Waals surface area contributed by atoms with Crippen molar-refractivity contribution in [3.8, 4) is 0 Å². The molecule has 0 unspecified atom stereocenters. The van der Waals surface area contributed by atoms with E-state index in [-0.39, 0.29) is 31.0 Å². The van der Waals surface area contributed by atoms with Gasteiger partial charge in [-0.15, -0.1) is 11.3 Å². The Bertz CT molecular complexity index is 521. The monoisotopic (exact) mass is 354 g/mol. The second-order valence-electron chi connectivity index (χ2n) is 5.77. The lowest BCUT2D eigenvalue weighted by atomic mass is 10.2. The van der Waals surface area contributed by atoms with E-state index in [1.165, 1.54) is 4.88 Å². The molecule has 0 bridgehead atoms. The highest BCUT2D eigenvalue weighted by molar-refractivity contribution is 7.10. The van der Waals surface area contributed by atoms with Gasteiger partial charge in [0.15, 0.2) is 0 Å². The highest BCUT2D eigenvalue weighted by Gasteiger charge is 2.31. The molecule has 1 aromatic heterocycles. The molecule has 7 heteroatoms. The smallest absolute Gasteiger partial charge is 0.320 e. The van der Waals surface area contributed by atoms with Gasteiger partial charge in [0.2, 0.25) is 5.91 Å². The molecule has 2 rings (SSSR count). The van der Waals surface area contributed by atoms with Crippen LogP contribution in [-0.4, -0.2) is 68.2 Å². The summed E-state index contributed by atoms with van der Waals surface area (Å²) in [6.45, 7) is 4.22. The fraction of sp³-hybridized carbons (Fsp3) is 0.647. The van der Waals surface area contributed by atoms with Gasteiger partial charge < -0.3 is 14.4 Å². The van der Waals surface area contributed by atoms with Crippen LogP contribution in [0.2, 0.25) is 0 Å². The Balaban J connectivity index is 1.96. The average molecular weight is 354 g/mol. The van der Waals surface area contributed by atoms with Crippen LogP contribution < -0.4 is 0 Å². The molecule has 1 aliphatic heterocycles. The van der Waals surface area contributed by atoms with Crippen LogP contribution in [0.5, 0.6) is 0 Å². The summed E-state index contributed by atoms with van der Waals surface area (Å²) in [5.74, 6) is -0.246. The van der Waals surface area contributed by atoms with Gasteiger partial charge in [-0.1, -0.05) is 6.07 Å². The number of carbonyl (C=O) groups is 2. The van der Waals surface area contributed by atoms with Crippen LogP contribution in [0.4, 0.5) is 0 Å². The molecule has 1 aromatic rings. The molecule has 134 valence electrons. The van der Waals surface area contributed by atoms with Gasteiger partial charge in [-0.25, -0.2) is 0 Å². The average Bonchev–Trinajstić information content (AvgIpc) is 3.22. The molecule has 0 saturated carbocycles. The number of likely N-dealkylation sites (tertiary alicyclic amines) is 1. The largest absolute Gasteiger partial charge is 0.465 e. The minimum Gasteiger partial charge on any atom is -0.465 e. The molecule has 0 radical (unpaired) electrons. The molecule has 0 spiro atoms. The number of carbonyl (C=O) groups excluding carboxylic acids is 2. The van der Waals surface area contributed by atoms with Gasteiger partial charge in [0.1, 0.15) is 0 Å². The number of hydrogen-bond acceptors (Lipinski definition) is 6. The number of thiophene rings is 1. The maximum atomic E-state index is 12.8. The van der Waals surface area contributed by atoms with E-state index >= 15 is 0 Å². The first-order chi connectivity index (χ1) is 11.7. The number of amides is 1. The summed E-state index contributed by atoms with van der Waals surface area (Å²) >= 11 is 1.69. The topological polar surface area (TPSA) is 59.1 Å². The van der Waals surface area contributed by atoms with Gasteiger partial charge in [0, 0.05) is 25.1 Å². The fourth-order valence-corrected chi connectivity index (χ4v) is 3.82. The number of hydrogen-bond donors (Lipinski definition) is 0. The van der Waals surface area contributed by atoms with Crippen molar-refractivity contribution in [1.29, 1.82) is 0 Å². The van der Waals surface area contributed by atoms with Crippen molar-refractivity contribution in [2.24, 2.45) is 0 Å². The van der Waals surface area contributed by atoms with Crippen LogP contribution >= 0.6 is 11.3 Å². The van der Waals surface area contributed by atoms with Crippen LogP contribution in [0.15, 0.2) is 17.5 Å². The zero-order valence-electron chi connectivity index (χ0n) is 14.4. The number of ether oxygens (including phenoxy) is 2. The molecule has 1 aliphatic rings. The zero-order valence-corrected chi connectivity index (χ0v) is 15.2. The summed E-state index contributed by atoms with van der Waals surface area (Å²) in [5, 5.41) is 2.04. The second kappa shape index (κ2) is 9.76. The first kappa shape index (κ1) is 18.9. The van der Waals surface area contributed by atoms with E-state index in [0.717, 1.165) is 19.4 Å². The molecule has 1 amide bonds. The minimum absolute atomic E-state index is 0.0614. The first-order valence-corrected chi connectivity index (χ1v) is 9.23. The molecule has 0 N–H and O–H groups in total. The third-order valence-corrected chi connectivity index (χ3v) is 5.05. The van der Waals surface area contributed by atoms with E-state index in [0.29, 0.717) is 19.8 Å². The Morgan fingerprint density at radius 2 is 2.25 bits per heavy atom. The summed E-state index contributed by atoms with van der Waals surface area (Å²) in [5.41, 5.74) is 0. The van der Waals surface area contributed by atoms with E-state index in [2.05, 4.69) is 6.07 Å². The van der Waals surface area contributed by atoms with E-state index in [9.17, 15) is 9.59 Å². The van der Waals surface area contributed by atoms with Crippen LogP contribution in [0, 0.1) is 0 Å². The zero-order chi connectivity index (χ0) is 17.4. The Kier molecular flexibility index (Phi) is 7.68. The molecule has 6 nitrogen and oxygen atoms in total. The maximum absolute atomic E-state index is 12.8. The predicted octanol–water partition coefficient (Wildman–Crippen LogP) is 1.92. The van der Waals surface area contributed by atoms with Crippen LogP contribution in [0.25, 0.3) is 0 Å². The van der Waals surface area contributed by atoms with Crippen molar-refractivity contribution < 1.29 is 19.1 Å². The van der Waals surface area contributed by atoms with Crippen LogP contribution in [0.1, 0.15) is 30.7 Å². The molecule has 1 fully saturated rings. The Hall–Kier alpha value is -1.44. The Morgan fingerprint density at radius 1 is 1.42 bits per heavy atom. The van der Waals surface area contributed by atoms with E-state index < -0.39 is 0 Å². The fourth-order valence-electron chi connectivity index (χ4n) is 2.95. The van der Waals surface area contributed by atoms with E-state index in [1.54, 1.807) is 30.3 Å². The third-order valence-electron chi connectivity index (χ3n) is 4.07. The SMILES string of the molecule is CCOC(=O)CN(CCOC)CC(=O)N1CCC[C@@H]1c1cccs1. The van der Waals surface area contributed by atoms with Gasteiger partial charge in [-0.3, -0.25) is 14.5 Å². The normalized spacial score (nSPS) is 17.5. The van der Waals surface area contributed by atoms with Crippen molar-refractivity contribution in [2.75, 3.05) is 46.5 Å². The standard InChI is InChI=1S/C17H26N2O4S/c1-3-23-17(21)13-18(9-10-22-2)12-16(20)19-8-4-6-14(19)15-7-5-11-24-15/h5,7,11,14H,3-4,6,8-10,12-13H2,1-2H3/t14-/m1/s1. The number of esters is 1. The predicted molar refractivity (Wildman–Crippen MR) is 93.0 cm³/mol. The van der Waals surface area contributed by atoms with Crippen molar-refractivity contribution in [2.45, 2.75) is 25.8 Å². The lowest BCUT2D eigenvalue weighted by Gasteiger charge is -2.27. The lowest BCUT2D eigenvalue weighted by molar-refractivity contribution is -0.145. The van der Waals surface area contributed by atoms with Crippen LogP contribution in [0.3, 0.4) is 0 Å². The van der Waals surface area contributed by atoms with Crippen molar-refractivity contribution in [3.63, 3.8) is 0 Å². The number of methoxy groups -OCH3 is 1. The molecule has 0 aliphatic carbocycles. The number of nitrogens with zero attached hydrogens (tertiary/aromatic N) is 2. The van der Waals surface area contributed by atoms with Crippen molar-refractivity contribution in [1.82, 2.24) is 9.80 Å². The van der Waals surface area contributed by atoms with Crippen molar-refractivity contribution >= 4 is 23.2 Å². The van der Waals surface area contributed by atoms with Gasteiger partial charge in [0.05, 0.1) is 32.3 Å². The van der Waals surface area contributed by atoms with E-state index in [1.807, 2.05) is 16.3 Å². The van der Waals surface area contributed by atoms with Gasteiger partial charge in [-0.2, -0.15) is 0 Å². The summed E-state index contributed by atoms with van der Waals surface area (Å²) < 4.78 is 10.1. The minimum atomic E-state index is -0.308.